The normalized spacial score (nSPS) is 11.9. The fourth-order valence-electron chi connectivity index (χ4n) is 1.69. The molecule has 2 aromatic carbocycles. The molecule has 1 atom stereocenters. The number of hydrogen-bond donors (Lipinski definition) is 2. The molecule has 0 saturated carbocycles. The molecule has 0 bridgehead atoms. The lowest BCUT2D eigenvalue weighted by Gasteiger charge is -2.08. The van der Waals surface area contributed by atoms with Gasteiger partial charge in [-0.05, 0) is 36.4 Å². The Balaban J connectivity index is 2.06. The molecule has 0 saturated heterocycles. The lowest BCUT2D eigenvalue weighted by molar-refractivity contribution is -0.113. The molecule has 0 spiro atoms. The minimum atomic E-state index is -1.61. The van der Waals surface area contributed by atoms with Crippen molar-refractivity contribution in [2.75, 3.05) is 16.8 Å². The highest BCUT2D eigenvalue weighted by molar-refractivity contribution is 7.86. The maximum atomic E-state index is 12.2. The van der Waals surface area contributed by atoms with Crippen LogP contribution in [0, 0.1) is 0 Å². The molecule has 0 aliphatic carbocycles. The molecule has 0 heterocycles. The number of halogens is 2. The van der Waals surface area contributed by atoms with Crippen molar-refractivity contribution in [3.63, 3.8) is 0 Å². The van der Waals surface area contributed by atoms with Gasteiger partial charge in [-0.1, -0.05) is 29.3 Å². The van der Waals surface area contributed by atoms with Crippen LogP contribution in [0.1, 0.15) is 0 Å². The van der Waals surface area contributed by atoms with Crippen LogP contribution >= 0.6 is 23.2 Å². The molecule has 7 heteroatoms. The van der Waals surface area contributed by atoms with Crippen molar-refractivity contribution >= 4 is 51.3 Å². The smallest absolute Gasteiger partial charge is 0.237 e. The quantitative estimate of drug-likeness (QED) is 0.837. The van der Waals surface area contributed by atoms with Crippen molar-refractivity contribution in [1.82, 2.24) is 0 Å². The average Bonchev–Trinajstić information content (AvgIpc) is 2.41. The van der Waals surface area contributed by atoms with E-state index in [9.17, 15) is 9.00 Å². The first-order valence-corrected chi connectivity index (χ1v) is 8.02. The number of nitrogen functional groups attached to an aromatic ring is 1. The Kier molecular flexibility index (Phi) is 5.22. The Morgan fingerprint density at radius 1 is 1.14 bits per heavy atom. The Hall–Kier alpha value is -1.56. The number of nitrogens with one attached hydrogen (secondary N) is 1. The van der Waals surface area contributed by atoms with Gasteiger partial charge in [-0.25, -0.2) is 0 Å². The fourth-order valence-corrected chi connectivity index (χ4v) is 3.32. The molecule has 110 valence electrons. The Morgan fingerprint density at radius 3 is 2.43 bits per heavy atom. The molecule has 0 radical (unpaired) electrons. The molecule has 0 aliphatic rings. The highest BCUT2D eigenvalue weighted by atomic mass is 35.5. The molecule has 0 fully saturated rings. The lowest BCUT2D eigenvalue weighted by atomic mass is 10.3. The molecule has 0 aliphatic heterocycles. The van der Waals surface area contributed by atoms with Gasteiger partial charge in [-0.3, -0.25) is 9.00 Å². The number of nitrogens with two attached hydrogens (primary N) is 1. The van der Waals surface area contributed by atoms with E-state index >= 15 is 0 Å². The zero-order valence-electron chi connectivity index (χ0n) is 10.8. The number of rotatable bonds is 4. The maximum Gasteiger partial charge on any atom is 0.237 e. The molecule has 2 rings (SSSR count). The van der Waals surface area contributed by atoms with Crippen LogP contribution in [0.2, 0.25) is 10.0 Å². The topological polar surface area (TPSA) is 72.2 Å². The van der Waals surface area contributed by atoms with Crippen molar-refractivity contribution in [3.8, 4) is 0 Å². The van der Waals surface area contributed by atoms with Crippen LogP contribution in [0.3, 0.4) is 0 Å². The van der Waals surface area contributed by atoms with Gasteiger partial charge in [0.1, 0.15) is 5.75 Å². The van der Waals surface area contributed by atoms with E-state index in [0.29, 0.717) is 16.4 Å². The number of hydrogen-bond acceptors (Lipinski definition) is 3. The predicted molar refractivity (Wildman–Crippen MR) is 87.2 cm³/mol. The molecule has 2 aromatic rings. The van der Waals surface area contributed by atoms with Crippen LogP contribution in [-0.2, 0) is 15.6 Å². The van der Waals surface area contributed by atoms with Gasteiger partial charge in [0.15, 0.2) is 0 Å². The van der Waals surface area contributed by atoms with E-state index in [0.717, 1.165) is 0 Å². The van der Waals surface area contributed by atoms with Crippen LogP contribution < -0.4 is 11.1 Å². The van der Waals surface area contributed by atoms with E-state index in [4.69, 9.17) is 28.9 Å². The summed E-state index contributed by atoms with van der Waals surface area (Å²) in [6.07, 6.45) is 0. The summed E-state index contributed by atoms with van der Waals surface area (Å²) in [5.41, 5.74) is 6.63. The van der Waals surface area contributed by atoms with Gasteiger partial charge >= 0.3 is 0 Å². The molecule has 0 aromatic heterocycles. The first-order valence-electron chi connectivity index (χ1n) is 5.95. The Bertz CT molecular complexity index is 670. The van der Waals surface area contributed by atoms with Gasteiger partial charge in [0, 0.05) is 16.4 Å². The largest absolute Gasteiger partial charge is 0.398 e. The molecular formula is C14H12Cl2N2O2S. The van der Waals surface area contributed by atoms with Crippen LogP contribution in [0.5, 0.6) is 0 Å². The Morgan fingerprint density at radius 2 is 1.81 bits per heavy atom. The molecular weight excluding hydrogens is 331 g/mol. The monoisotopic (exact) mass is 342 g/mol. The summed E-state index contributed by atoms with van der Waals surface area (Å²) in [6.45, 7) is 0. The van der Waals surface area contributed by atoms with E-state index in [2.05, 4.69) is 5.32 Å². The van der Waals surface area contributed by atoms with Gasteiger partial charge < -0.3 is 11.1 Å². The number of amides is 1. The van der Waals surface area contributed by atoms with Gasteiger partial charge in [-0.15, -0.1) is 0 Å². The first kappa shape index (κ1) is 15.8. The molecule has 3 N–H and O–H groups in total. The van der Waals surface area contributed by atoms with Crippen molar-refractivity contribution in [2.45, 2.75) is 4.90 Å². The highest BCUT2D eigenvalue weighted by Gasteiger charge is 2.16. The summed E-state index contributed by atoms with van der Waals surface area (Å²) in [6, 6.07) is 11.5. The number of carbonyl (C=O) groups is 1. The first-order chi connectivity index (χ1) is 9.97. The van der Waals surface area contributed by atoms with Crippen molar-refractivity contribution < 1.29 is 9.00 Å². The molecule has 21 heavy (non-hydrogen) atoms. The minimum absolute atomic E-state index is 0.226. The summed E-state index contributed by atoms with van der Waals surface area (Å²) in [5.74, 6) is -0.619. The third-order valence-electron chi connectivity index (χ3n) is 2.62. The Labute approximate surface area is 134 Å². The zero-order valence-corrected chi connectivity index (χ0v) is 13.1. The molecule has 1 unspecified atom stereocenters. The van der Waals surface area contributed by atoms with Crippen LogP contribution in [-0.4, -0.2) is 15.9 Å². The van der Waals surface area contributed by atoms with Crippen LogP contribution in [0.4, 0.5) is 11.4 Å². The van der Waals surface area contributed by atoms with Crippen molar-refractivity contribution in [2.24, 2.45) is 0 Å². The van der Waals surface area contributed by atoms with Gasteiger partial charge in [-0.2, -0.15) is 0 Å². The average molecular weight is 343 g/mol. The summed E-state index contributed by atoms with van der Waals surface area (Å²) < 4.78 is 12.2. The second-order valence-electron chi connectivity index (χ2n) is 4.20. The van der Waals surface area contributed by atoms with E-state index in [1.54, 1.807) is 42.5 Å². The lowest BCUT2D eigenvalue weighted by Crippen LogP contribution is -2.20. The van der Waals surface area contributed by atoms with Crippen molar-refractivity contribution in [1.29, 1.82) is 0 Å². The van der Waals surface area contributed by atoms with Gasteiger partial charge in [0.25, 0.3) is 0 Å². The number of anilines is 2. The predicted octanol–water partition coefficient (Wildman–Crippen LogP) is 3.32. The third kappa shape index (κ3) is 4.20. The number of carbonyl (C=O) groups excluding carboxylic acids is 1. The molecule has 4 nitrogen and oxygen atoms in total. The fraction of sp³-hybridized carbons (Fsp3) is 0.0714. The maximum absolute atomic E-state index is 12.2. The summed E-state index contributed by atoms with van der Waals surface area (Å²) in [5, 5.41) is 3.49. The van der Waals surface area contributed by atoms with E-state index < -0.39 is 16.7 Å². The van der Waals surface area contributed by atoms with E-state index in [1.165, 1.54) is 0 Å². The van der Waals surface area contributed by atoms with Gasteiger partial charge in [0.05, 0.1) is 20.7 Å². The summed E-state index contributed by atoms with van der Waals surface area (Å²) in [7, 11) is -1.61. The van der Waals surface area contributed by atoms with E-state index in [1.807, 2.05) is 0 Å². The highest BCUT2D eigenvalue weighted by Crippen LogP contribution is 2.25. The SMILES string of the molecule is Nc1cccc(Cl)c1S(=O)CC(=O)Nc1ccc(Cl)cc1. The third-order valence-corrected chi connectivity index (χ3v) is 4.73. The molecule has 1 amide bonds. The zero-order chi connectivity index (χ0) is 15.4. The second kappa shape index (κ2) is 6.93. The van der Waals surface area contributed by atoms with Crippen LogP contribution in [0.25, 0.3) is 0 Å². The second-order valence-corrected chi connectivity index (χ2v) is 6.43. The standard InChI is InChI=1S/C14H12Cl2N2O2S/c15-9-4-6-10(7-5-9)18-13(19)8-21(20)14-11(16)2-1-3-12(14)17/h1-7H,8,17H2,(H,18,19). The number of benzene rings is 2. The van der Waals surface area contributed by atoms with Crippen molar-refractivity contribution in [3.05, 3.63) is 52.5 Å². The van der Waals surface area contributed by atoms with Crippen LogP contribution in [0.15, 0.2) is 47.4 Å². The van der Waals surface area contributed by atoms with Gasteiger partial charge in [0.2, 0.25) is 5.91 Å². The minimum Gasteiger partial charge on any atom is -0.398 e. The summed E-state index contributed by atoms with van der Waals surface area (Å²) in [4.78, 5) is 12.2. The van der Waals surface area contributed by atoms with E-state index in [-0.39, 0.29) is 15.7 Å². The summed E-state index contributed by atoms with van der Waals surface area (Å²) >= 11 is 11.7.